The lowest BCUT2D eigenvalue weighted by Crippen LogP contribution is -2.57. The minimum atomic E-state index is -0.379. The molecule has 0 heterocycles. The average Bonchev–Trinajstić information content (AvgIpc) is 2.52. The monoisotopic (exact) mass is 319 g/mol. The van der Waals surface area contributed by atoms with Gasteiger partial charge in [-0.15, -0.1) is 0 Å². The van der Waals surface area contributed by atoms with Gasteiger partial charge in [0, 0.05) is 30.6 Å². The first-order valence-corrected chi connectivity index (χ1v) is 8.25. The number of rotatable bonds is 7. The molecule has 1 aromatic rings. The lowest BCUT2D eigenvalue weighted by atomic mass is 9.67. The molecule has 4 N–H and O–H groups in total. The largest absolute Gasteiger partial charge is 0.379 e. The van der Waals surface area contributed by atoms with Crippen molar-refractivity contribution in [2.45, 2.75) is 44.2 Å². The van der Waals surface area contributed by atoms with Gasteiger partial charge in [0.25, 0.3) is 0 Å². The Morgan fingerprint density at radius 3 is 2.74 bits per heavy atom. The Kier molecular flexibility index (Phi) is 5.79. The summed E-state index contributed by atoms with van der Waals surface area (Å²) in [4.78, 5) is 11.5. The van der Waals surface area contributed by atoms with E-state index in [1.807, 2.05) is 25.2 Å². The Hall–Kier alpha value is -1.43. The quantitative estimate of drug-likeness (QED) is 0.660. The second-order valence-corrected chi connectivity index (χ2v) is 6.83. The zero-order valence-corrected chi connectivity index (χ0v) is 14.6. The molecule has 2 atom stereocenters. The van der Waals surface area contributed by atoms with Gasteiger partial charge in [-0.25, -0.2) is 0 Å². The van der Waals surface area contributed by atoms with Gasteiger partial charge in [-0.3, -0.25) is 4.79 Å². The highest BCUT2D eigenvalue weighted by Gasteiger charge is 2.42. The predicted octanol–water partition coefficient (Wildman–Crippen LogP) is 1.20. The highest BCUT2D eigenvalue weighted by Crippen LogP contribution is 2.38. The van der Waals surface area contributed by atoms with Crippen molar-refractivity contribution in [1.82, 2.24) is 10.6 Å². The average molecular weight is 319 g/mol. The maximum atomic E-state index is 11.5. The van der Waals surface area contributed by atoms with Crippen LogP contribution < -0.4 is 16.4 Å². The number of carbonyl (C=O) groups is 1. The number of hydrogen-bond acceptors (Lipinski definition) is 4. The topological polar surface area (TPSA) is 76.4 Å². The van der Waals surface area contributed by atoms with Gasteiger partial charge >= 0.3 is 0 Å². The van der Waals surface area contributed by atoms with Crippen LogP contribution in [0.15, 0.2) is 18.2 Å². The number of amides is 1. The number of methoxy groups -OCH3 is 1. The molecule has 1 aliphatic rings. The zero-order valence-electron chi connectivity index (χ0n) is 14.6. The van der Waals surface area contributed by atoms with Crippen LogP contribution in [0.1, 0.15) is 41.8 Å². The number of hydrogen-bond donors (Lipinski definition) is 3. The van der Waals surface area contributed by atoms with E-state index in [1.165, 1.54) is 11.1 Å². The smallest absolute Gasteiger partial charge is 0.248 e. The summed E-state index contributed by atoms with van der Waals surface area (Å²) < 4.78 is 5.76. The maximum Gasteiger partial charge on any atom is 0.248 e. The molecule has 0 aliphatic heterocycles. The van der Waals surface area contributed by atoms with Crippen molar-refractivity contribution in [2.75, 3.05) is 27.2 Å². The fraction of sp³-hybridized carbons (Fsp3) is 0.611. The summed E-state index contributed by atoms with van der Waals surface area (Å²) in [5.74, 6) is -0.379. The summed E-state index contributed by atoms with van der Waals surface area (Å²) >= 11 is 0. The van der Waals surface area contributed by atoms with Crippen molar-refractivity contribution in [3.63, 3.8) is 0 Å². The number of benzene rings is 1. The van der Waals surface area contributed by atoms with Crippen LogP contribution in [-0.2, 0) is 16.6 Å². The van der Waals surface area contributed by atoms with E-state index in [1.54, 1.807) is 7.11 Å². The molecule has 1 aliphatic carbocycles. The molecule has 128 valence electrons. The normalized spacial score (nSPS) is 22.6. The minimum Gasteiger partial charge on any atom is -0.379 e. The molecule has 2 unspecified atom stereocenters. The van der Waals surface area contributed by atoms with Gasteiger partial charge < -0.3 is 21.1 Å². The number of primary amides is 1. The fourth-order valence-corrected chi connectivity index (χ4v) is 3.60. The predicted molar refractivity (Wildman–Crippen MR) is 92.8 cm³/mol. The van der Waals surface area contributed by atoms with E-state index < -0.39 is 0 Å². The third-order valence-electron chi connectivity index (χ3n) is 4.93. The number of fused-ring (bicyclic) bond motifs is 1. The lowest BCUT2D eigenvalue weighted by molar-refractivity contribution is 0.0356. The Morgan fingerprint density at radius 1 is 1.39 bits per heavy atom. The highest BCUT2D eigenvalue weighted by atomic mass is 16.5. The molecular formula is C18H29N3O2. The van der Waals surface area contributed by atoms with E-state index in [0.717, 1.165) is 25.9 Å². The van der Waals surface area contributed by atoms with Crippen molar-refractivity contribution in [3.05, 3.63) is 34.9 Å². The summed E-state index contributed by atoms with van der Waals surface area (Å²) in [5, 5.41) is 6.82. The van der Waals surface area contributed by atoms with E-state index >= 15 is 0 Å². The Labute approximate surface area is 139 Å². The SMILES string of the molecule is CNCCCNC1C(OC)Cc2ccc(C(N)=O)cc2C1(C)C. The summed E-state index contributed by atoms with van der Waals surface area (Å²) in [6, 6.07) is 5.97. The number of ether oxygens (including phenoxy) is 1. The molecule has 0 saturated carbocycles. The standard InChI is InChI=1S/C18H29N3O2/c1-18(2)14-10-13(17(19)22)7-6-12(14)11-15(23-4)16(18)21-9-5-8-20-3/h6-7,10,15-16,20-21H,5,8-9,11H2,1-4H3,(H2,19,22). The molecule has 1 amide bonds. The summed E-state index contributed by atoms with van der Waals surface area (Å²) in [6.45, 7) is 6.33. The molecule has 1 aromatic carbocycles. The van der Waals surface area contributed by atoms with Crippen LogP contribution in [0.5, 0.6) is 0 Å². The summed E-state index contributed by atoms with van der Waals surface area (Å²) in [7, 11) is 3.73. The first kappa shape index (κ1) is 17.9. The minimum absolute atomic E-state index is 0.117. The van der Waals surface area contributed by atoms with Crippen LogP contribution in [0, 0.1) is 0 Å². The van der Waals surface area contributed by atoms with Crippen LogP contribution in [-0.4, -0.2) is 45.3 Å². The van der Waals surface area contributed by atoms with E-state index in [4.69, 9.17) is 10.5 Å². The zero-order chi connectivity index (χ0) is 17.0. The van der Waals surface area contributed by atoms with Crippen molar-refractivity contribution < 1.29 is 9.53 Å². The molecule has 5 heteroatoms. The highest BCUT2D eigenvalue weighted by molar-refractivity contribution is 5.93. The van der Waals surface area contributed by atoms with Gasteiger partial charge in [-0.2, -0.15) is 0 Å². The molecular weight excluding hydrogens is 290 g/mol. The summed E-state index contributed by atoms with van der Waals surface area (Å²) in [6.07, 6.45) is 2.03. The molecule has 0 saturated heterocycles. The number of nitrogens with one attached hydrogen (secondary N) is 2. The lowest BCUT2D eigenvalue weighted by Gasteiger charge is -2.45. The molecule has 0 aromatic heterocycles. The van der Waals surface area contributed by atoms with Gasteiger partial charge in [0.2, 0.25) is 5.91 Å². The van der Waals surface area contributed by atoms with Crippen molar-refractivity contribution >= 4 is 5.91 Å². The van der Waals surface area contributed by atoms with Gasteiger partial charge in [0.15, 0.2) is 0 Å². The first-order valence-electron chi connectivity index (χ1n) is 8.25. The Morgan fingerprint density at radius 2 is 2.13 bits per heavy atom. The van der Waals surface area contributed by atoms with E-state index in [-0.39, 0.29) is 23.5 Å². The Bertz CT molecular complexity index is 557. The van der Waals surface area contributed by atoms with E-state index in [0.29, 0.717) is 5.56 Å². The maximum absolute atomic E-state index is 11.5. The van der Waals surface area contributed by atoms with Gasteiger partial charge in [-0.1, -0.05) is 19.9 Å². The number of nitrogens with two attached hydrogens (primary N) is 1. The number of carbonyl (C=O) groups excluding carboxylic acids is 1. The van der Waals surface area contributed by atoms with Crippen LogP contribution in [0.2, 0.25) is 0 Å². The van der Waals surface area contributed by atoms with Gasteiger partial charge in [0.05, 0.1) is 6.10 Å². The molecule has 0 spiro atoms. The third-order valence-corrected chi connectivity index (χ3v) is 4.93. The van der Waals surface area contributed by atoms with Crippen molar-refractivity contribution in [1.29, 1.82) is 0 Å². The van der Waals surface area contributed by atoms with Crippen molar-refractivity contribution in [2.24, 2.45) is 5.73 Å². The van der Waals surface area contributed by atoms with E-state index in [9.17, 15) is 4.79 Å². The first-order chi connectivity index (χ1) is 10.9. The van der Waals surface area contributed by atoms with Crippen LogP contribution in [0.25, 0.3) is 0 Å². The molecule has 2 rings (SSSR count). The molecule has 5 nitrogen and oxygen atoms in total. The van der Waals surface area contributed by atoms with Crippen molar-refractivity contribution in [3.8, 4) is 0 Å². The molecule has 0 bridgehead atoms. The van der Waals surface area contributed by atoms with E-state index in [2.05, 4.69) is 24.5 Å². The molecule has 0 fully saturated rings. The second-order valence-electron chi connectivity index (χ2n) is 6.83. The molecule has 23 heavy (non-hydrogen) atoms. The van der Waals surface area contributed by atoms with Crippen LogP contribution in [0.4, 0.5) is 0 Å². The second kappa shape index (κ2) is 7.43. The molecule has 0 radical (unpaired) electrons. The summed E-state index contributed by atoms with van der Waals surface area (Å²) in [5.41, 5.74) is 8.31. The van der Waals surface area contributed by atoms with Crippen LogP contribution >= 0.6 is 0 Å². The van der Waals surface area contributed by atoms with Gasteiger partial charge in [0.1, 0.15) is 0 Å². The fourth-order valence-electron chi connectivity index (χ4n) is 3.60. The van der Waals surface area contributed by atoms with Crippen LogP contribution in [0.3, 0.4) is 0 Å². The van der Waals surface area contributed by atoms with Gasteiger partial charge in [-0.05, 0) is 49.8 Å². The Balaban J connectivity index is 2.29. The third kappa shape index (κ3) is 3.74.